The second-order valence-corrected chi connectivity index (χ2v) is 4.34. The Kier molecular flexibility index (Phi) is 2.04. The van der Waals surface area contributed by atoms with Crippen molar-refractivity contribution in [2.75, 3.05) is 6.61 Å². The predicted octanol–water partition coefficient (Wildman–Crippen LogP) is 2.46. The van der Waals surface area contributed by atoms with E-state index >= 15 is 0 Å². The van der Waals surface area contributed by atoms with Crippen molar-refractivity contribution in [2.24, 2.45) is 11.3 Å². The van der Waals surface area contributed by atoms with E-state index in [9.17, 15) is 0 Å². The van der Waals surface area contributed by atoms with Crippen molar-refractivity contribution in [1.29, 1.82) is 0 Å². The molecular formula is C9H18O. The second-order valence-electron chi connectivity index (χ2n) is 4.34. The zero-order valence-corrected chi connectivity index (χ0v) is 7.48. The molecule has 60 valence electrons. The molecule has 10 heavy (non-hydrogen) atoms. The Morgan fingerprint density at radius 2 is 1.90 bits per heavy atom. The highest BCUT2D eigenvalue weighted by Gasteiger charge is 2.33. The lowest BCUT2D eigenvalue weighted by Gasteiger charge is -2.28. The van der Waals surface area contributed by atoms with Crippen molar-refractivity contribution in [3.63, 3.8) is 0 Å². The Hall–Kier alpha value is -0.0400. The van der Waals surface area contributed by atoms with Crippen LogP contribution in [0.4, 0.5) is 0 Å². The van der Waals surface area contributed by atoms with E-state index in [4.69, 9.17) is 4.74 Å². The minimum absolute atomic E-state index is 0.427. The molecule has 0 aromatic rings. The molecule has 1 rings (SSSR count). The third-order valence-electron chi connectivity index (χ3n) is 2.49. The number of rotatable bonds is 0. The zero-order chi connectivity index (χ0) is 7.78. The number of hydrogen-bond acceptors (Lipinski definition) is 1. The van der Waals surface area contributed by atoms with E-state index in [0.29, 0.717) is 11.5 Å². The summed E-state index contributed by atoms with van der Waals surface area (Å²) in [6.07, 6.45) is 1.71. The average Bonchev–Trinajstić information content (AvgIpc) is 2.11. The van der Waals surface area contributed by atoms with Crippen LogP contribution in [-0.4, -0.2) is 12.7 Å². The summed E-state index contributed by atoms with van der Waals surface area (Å²) in [7, 11) is 0. The molecule has 0 radical (unpaired) electrons. The van der Waals surface area contributed by atoms with Gasteiger partial charge in [-0.15, -0.1) is 0 Å². The molecule has 0 spiro atoms. The highest BCUT2D eigenvalue weighted by atomic mass is 16.5. The van der Waals surface area contributed by atoms with E-state index in [2.05, 4.69) is 27.7 Å². The van der Waals surface area contributed by atoms with Crippen LogP contribution < -0.4 is 0 Å². The van der Waals surface area contributed by atoms with Gasteiger partial charge >= 0.3 is 0 Å². The van der Waals surface area contributed by atoms with Crippen LogP contribution in [0.1, 0.15) is 34.1 Å². The van der Waals surface area contributed by atoms with E-state index in [1.807, 2.05) is 0 Å². The number of ether oxygens (including phenoxy) is 1. The Balaban J connectivity index is 2.55. The van der Waals surface area contributed by atoms with Crippen LogP contribution in [0.5, 0.6) is 0 Å². The first kappa shape index (κ1) is 8.06. The molecule has 0 aromatic carbocycles. The Bertz CT molecular complexity index is 112. The van der Waals surface area contributed by atoms with E-state index in [0.717, 1.165) is 12.5 Å². The maximum atomic E-state index is 5.49. The number of hydrogen-bond donors (Lipinski definition) is 0. The molecule has 1 nitrogen and oxygen atoms in total. The summed E-state index contributed by atoms with van der Waals surface area (Å²) < 4.78 is 5.49. The molecule has 0 unspecified atom stereocenters. The maximum absolute atomic E-state index is 5.49. The minimum Gasteiger partial charge on any atom is -0.378 e. The summed E-state index contributed by atoms with van der Waals surface area (Å²) in [4.78, 5) is 0. The summed E-state index contributed by atoms with van der Waals surface area (Å²) in [6.45, 7) is 10.0. The Labute approximate surface area is 63.8 Å². The van der Waals surface area contributed by atoms with Gasteiger partial charge in [-0.25, -0.2) is 0 Å². The molecule has 1 saturated heterocycles. The lowest BCUT2D eigenvalue weighted by Crippen LogP contribution is -2.26. The van der Waals surface area contributed by atoms with Gasteiger partial charge in [0.25, 0.3) is 0 Å². The molecule has 0 N–H and O–H groups in total. The first-order valence-electron chi connectivity index (χ1n) is 4.13. The highest BCUT2D eigenvalue weighted by Crippen LogP contribution is 2.36. The fourth-order valence-electron chi connectivity index (χ4n) is 1.87. The van der Waals surface area contributed by atoms with Crippen LogP contribution in [0.25, 0.3) is 0 Å². The largest absolute Gasteiger partial charge is 0.378 e. The molecule has 1 heterocycles. The van der Waals surface area contributed by atoms with Crippen LogP contribution in [0.3, 0.4) is 0 Å². The Morgan fingerprint density at radius 1 is 1.30 bits per heavy atom. The van der Waals surface area contributed by atoms with Gasteiger partial charge in [0.05, 0.1) is 6.10 Å². The SMILES string of the molecule is C[C@H]1OCC[C@H]1C(C)(C)C. The molecular weight excluding hydrogens is 124 g/mol. The third-order valence-corrected chi connectivity index (χ3v) is 2.49. The van der Waals surface area contributed by atoms with Crippen molar-refractivity contribution in [3.8, 4) is 0 Å². The summed E-state index contributed by atoms with van der Waals surface area (Å²) in [5, 5.41) is 0. The van der Waals surface area contributed by atoms with Gasteiger partial charge in [-0.2, -0.15) is 0 Å². The van der Waals surface area contributed by atoms with Crippen molar-refractivity contribution in [2.45, 2.75) is 40.2 Å². The van der Waals surface area contributed by atoms with Gasteiger partial charge in [0, 0.05) is 6.61 Å². The van der Waals surface area contributed by atoms with E-state index in [-0.39, 0.29) is 0 Å². The molecule has 0 bridgehead atoms. The molecule has 1 aliphatic rings. The highest BCUT2D eigenvalue weighted by molar-refractivity contribution is 4.82. The molecule has 0 amide bonds. The molecule has 0 aromatic heterocycles. The van der Waals surface area contributed by atoms with Crippen molar-refractivity contribution < 1.29 is 4.74 Å². The van der Waals surface area contributed by atoms with Gasteiger partial charge in [-0.1, -0.05) is 20.8 Å². The first-order chi connectivity index (χ1) is 4.52. The maximum Gasteiger partial charge on any atom is 0.0580 e. The average molecular weight is 142 g/mol. The summed E-state index contributed by atoms with van der Waals surface area (Å²) in [6, 6.07) is 0. The van der Waals surface area contributed by atoms with Gasteiger partial charge < -0.3 is 4.74 Å². The predicted molar refractivity (Wildman–Crippen MR) is 43.0 cm³/mol. The molecule has 1 fully saturated rings. The zero-order valence-electron chi connectivity index (χ0n) is 7.48. The van der Waals surface area contributed by atoms with Crippen molar-refractivity contribution in [3.05, 3.63) is 0 Å². The minimum atomic E-state index is 0.427. The second kappa shape index (κ2) is 2.54. The van der Waals surface area contributed by atoms with Crippen molar-refractivity contribution in [1.82, 2.24) is 0 Å². The standard InChI is InChI=1S/C9H18O/c1-7-8(5-6-10-7)9(2,3)4/h7-8H,5-6H2,1-4H3/t7-,8-/m1/s1. The topological polar surface area (TPSA) is 9.23 Å². The summed E-state index contributed by atoms with van der Waals surface area (Å²) in [5.74, 6) is 0.757. The van der Waals surface area contributed by atoms with Crippen molar-refractivity contribution >= 4 is 0 Å². The van der Waals surface area contributed by atoms with Crippen LogP contribution in [0.15, 0.2) is 0 Å². The quantitative estimate of drug-likeness (QED) is 0.505. The smallest absolute Gasteiger partial charge is 0.0580 e. The van der Waals surface area contributed by atoms with Crippen LogP contribution >= 0.6 is 0 Å². The fourth-order valence-corrected chi connectivity index (χ4v) is 1.87. The first-order valence-corrected chi connectivity index (χ1v) is 4.13. The molecule has 0 saturated carbocycles. The van der Waals surface area contributed by atoms with Crippen LogP contribution in [0.2, 0.25) is 0 Å². The molecule has 0 aliphatic carbocycles. The van der Waals surface area contributed by atoms with Gasteiger partial charge in [-0.05, 0) is 24.7 Å². The van der Waals surface area contributed by atoms with Gasteiger partial charge in [-0.3, -0.25) is 0 Å². The summed E-state index contributed by atoms with van der Waals surface area (Å²) >= 11 is 0. The van der Waals surface area contributed by atoms with Gasteiger partial charge in [0.15, 0.2) is 0 Å². The molecule has 1 aliphatic heterocycles. The van der Waals surface area contributed by atoms with Gasteiger partial charge in [0.1, 0.15) is 0 Å². The fraction of sp³-hybridized carbons (Fsp3) is 1.00. The van der Waals surface area contributed by atoms with E-state index in [1.165, 1.54) is 6.42 Å². The van der Waals surface area contributed by atoms with Gasteiger partial charge in [0.2, 0.25) is 0 Å². The summed E-state index contributed by atoms with van der Waals surface area (Å²) in [5.41, 5.74) is 0.427. The lowest BCUT2D eigenvalue weighted by atomic mass is 9.77. The molecule has 2 atom stereocenters. The monoisotopic (exact) mass is 142 g/mol. The van der Waals surface area contributed by atoms with E-state index < -0.39 is 0 Å². The lowest BCUT2D eigenvalue weighted by molar-refractivity contribution is 0.0728. The molecule has 1 heteroatoms. The third kappa shape index (κ3) is 1.51. The van der Waals surface area contributed by atoms with Crippen LogP contribution in [-0.2, 0) is 4.74 Å². The van der Waals surface area contributed by atoms with Crippen LogP contribution in [0, 0.1) is 11.3 Å². The van der Waals surface area contributed by atoms with E-state index in [1.54, 1.807) is 0 Å². The Morgan fingerprint density at radius 3 is 2.10 bits per heavy atom. The normalized spacial score (nSPS) is 34.8.